The minimum atomic E-state index is -0.568. The van der Waals surface area contributed by atoms with Gasteiger partial charge in [0.1, 0.15) is 6.33 Å². The minimum absolute atomic E-state index is 0.0257. The Bertz CT molecular complexity index is 829. The Morgan fingerprint density at radius 3 is 2.56 bits per heavy atom. The van der Waals surface area contributed by atoms with Gasteiger partial charge in [0.15, 0.2) is 0 Å². The lowest BCUT2D eigenvalue weighted by Gasteiger charge is -2.24. The topological polar surface area (TPSA) is 122 Å². The van der Waals surface area contributed by atoms with E-state index < -0.39 is 10.9 Å². The summed E-state index contributed by atoms with van der Waals surface area (Å²) in [4.78, 5) is 34.4. The van der Waals surface area contributed by atoms with Crippen molar-refractivity contribution in [2.75, 3.05) is 43.7 Å². The number of hydrogen-bond acceptors (Lipinski definition) is 9. The van der Waals surface area contributed by atoms with Gasteiger partial charge in [-0.2, -0.15) is 0 Å². The summed E-state index contributed by atoms with van der Waals surface area (Å²) in [6, 6.07) is 6.58. The largest absolute Gasteiger partial charge is 0.465 e. The number of likely N-dealkylation sites (N-methyl/N-ethyl adjacent to an activating group) is 1. The summed E-state index contributed by atoms with van der Waals surface area (Å²) in [5.41, 5.74) is 0.344. The van der Waals surface area contributed by atoms with Crippen LogP contribution in [0.25, 0.3) is 0 Å². The van der Waals surface area contributed by atoms with Gasteiger partial charge in [0, 0.05) is 20.1 Å². The average Bonchev–Trinajstić information content (AvgIpc) is 2.70. The van der Waals surface area contributed by atoms with Crippen LogP contribution in [0.3, 0.4) is 0 Å². The predicted octanol–water partition coefficient (Wildman–Crippen LogP) is 1.76. The van der Waals surface area contributed by atoms with Gasteiger partial charge in [0.25, 0.3) is 0 Å². The second-order valence-electron chi connectivity index (χ2n) is 5.50. The number of nitro groups is 1. The van der Waals surface area contributed by atoms with E-state index in [9.17, 15) is 20.0 Å². The van der Waals surface area contributed by atoms with E-state index in [1.54, 1.807) is 43.1 Å². The first-order valence-corrected chi connectivity index (χ1v) is 8.22. The van der Waals surface area contributed by atoms with Crippen LogP contribution >= 0.6 is 0 Å². The van der Waals surface area contributed by atoms with Crippen molar-refractivity contribution in [3.63, 3.8) is 0 Å². The summed E-state index contributed by atoms with van der Waals surface area (Å²) in [6.45, 7) is 2.24. The van der Waals surface area contributed by atoms with Crippen LogP contribution in [0.5, 0.6) is 0 Å². The molecule has 0 amide bonds. The molecule has 1 N–H and O–H groups in total. The molecule has 0 aliphatic rings. The first kappa shape index (κ1) is 20.0. The fourth-order valence-corrected chi connectivity index (χ4v) is 2.70. The smallest absolute Gasteiger partial charge is 0.353 e. The molecule has 0 saturated carbocycles. The first-order valence-electron chi connectivity index (χ1n) is 8.22. The Hall–Kier alpha value is -3.27. The molecule has 0 unspecified atom stereocenters. The highest BCUT2D eigenvalue weighted by molar-refractivity contribution is 5.97. The SMILES string of the molecule is CCN(CCO)c1ncnc(N(C)c2ccccc2C(=O)OC)c1[N+](=O)[O-]. The number of nitrogens with zero attached hydrogens (tertiary/aromatic N) is 5. The molecule has 10 heteroatoms. The normalized spacial score (nSPS) is 10.4. The molecule has 0 radical (unpaired) electrons. The summed E-state index contributed by atoms with van der Waals surface area (Å²) in [7, 11) is 2.83. The summed E-state index contributed by atoms with van der Waals surface area (Å²) in [5.74, 6) is -0.438. The Kier molecular flexibility index (Phi) is 6.61. The molecule has 1 aromatic carbocycles. The molecule has 0 saturated heterocycles. The lowest BCUT2D eigenvalue weighted by Crippen LogP contribution is -2.29. The molecule has 27 heavy (non-hydrogen) atoms. The second kappa shape index (κ2) is 8.90. The number of anilines is 3. The van der Waals surface area contributed by atoms with Gasteiger partial charge >= 0.3 is 11.7 Å². The molecule has 10 nitrogen and oxygen atoms in total. The zero-order valence-corrected chi connectivity index (χ0v) is 15.3. The highest BCUT2D eigenvalue weighted by atomic mass is 16.6. The van der Waals surface area contributed by atoms with Crippen molar-refractivity contribution in [2.45, 2.75) is 6.92 Å². The van der Waals surface area contributed by atoms with Crippen molar-refractivity contribution in [3.05, 3.63) is 46.3 Å². The molecule has 0 aliphatic heterocycles. The maximum Gasteiger partial charge on any atom is 0.353 e. The van der Waals surface area contributed by atoms with Gasteiger partial charge in [-0.3, -0.25) is 10.1 Å². The van der Waals surface area contributed by atoms with Crippen LogP contribution in [-0.2, 0) is 4.74 Å². The summed E-state index contributed by atoms with van der Waals surface area (Å²) >= 11 is 0. The lowest BCUT2D eigenvalue weighted by molar-refractivity contribution is -0.383. The van der Waals surface area contributed by atoms with Gasteiger partial charge in [-0.15, -0.1) is 0 Å². The van der Waals surface area contributed by atoms with Gasteiger partial charge in [0.05, 0.1) is 29.9 Å². The zero-order valence-electron chi connectivity index (χ0n) is 15.3. The van der Waals surface area contributed by atoms with Gasteiger partial charge in [-0.25, -0.2) is 14.8 Å². The number of aromatic nitrogens is 2. The van der Waals surface area contributed by atoms with Crippen molar-refractivity contribution in [1.82, 2.24) is 9.97 Å². The van der Waals surface area contributed by atoms with Crippen LogP contribution in [0, 0.1) is 10.1 Å². The second-order valence-corrected chi connectivity index (χ2v) is 5.50. The summed E-state index contributed by atoms with van der Waals surface area (Å²) < 4.78 is 4.78. The van der Waals surface area contributed by atoms with E-state index in [4.69, 9.17) is 4.74 Å². The van der Waals surface area contributed by atoms with E-state index in [-0.39, 0.29) is 36.0 Å². The lowest BCUT2D eigenvalue weighted by atomic mass is 10.1. The predicted molar refractivity (Wildman–Crippen MR) is 99.5 cm³/mol. The molecule has 2 rings (SSSR count). The van der Waals surface area contributed by atoms with Crippen molar-refractivity contribution >= 4 is 29.0 Å². The number of carbonyl (C=O) groups excluding carboxylic acids is 1. The molecule has 0 atom stereocenters. The van der Waals surface area contributed by atoms with Crippen molar-refractivity contribution < 1.29 is 19.6 Å². The van der Waals surface area contributed by atoms with Crippen LogP contribution in [-0.4, -0.2) is 59.8 Å². The average molecular weight is 375 g/mol. The number of ether oxygens (including phenoxy) is 1. The van der Waals surface area contributed by atoms with Gasteiger partial charge in [-0.1, -0.05) is 12.1 Å². The van der Waals surface area contributed by atoms with E-state index in [1.165, 1.54) is 18.3 Å². The highest BCUT2D eigenvalue weighted by Gasteiger charge is 2.30. The third-order valence-corrected chi connectivity index (χ3v) is 4.01. The van der Waals surface area contributed by atoms with E-state index in [0.29, 0.717) is 12.2 Å². The van der Waals surface area contributed by atoms with Crippen molar-refractivity contribution in [2.24, 2.45) is 0 Å². The Labute approximate surface area is 156 Å². The van der Waals surface area contributed by atoms with E-state index in [1.807, 2.05) is 0 Å². The number of benzene rings is 1. The van der Waals surface area contributed by atoms with E-state index in [2.05, 4.69) is 9.97 Å². The zero-order chi connectivity index (χ0) is 20.0. The van der Waals surface area contributed by atoms with Gasteiger partial charge < -0.3 is 19.6 Å². The number of hydrogen-bond donors (Lipinski definition) is 1. The van der Waals surface area contributed by atoms with Crippen molar-refractivity contribution in [1.29, 1.82) is 0 Å². The van der Waals surface area contributed by atoms with Gasteiger partial charge in [0.2, 0.25) is 11.6 Å². The standard InChI is InChI=1S/C17H21N5O5/c1-4-21(9-10-23)16-14(22(25)26)15(18-11-19-16)20(2)13-8-6-5-7-12(13)17(24)27-3/h5-8,11,23H,4,9-10H2,1-3H3. The number of rotatable bonds is 8. The maximum absolute atomic E-state index is 12.0. The molecule has 0 bridgehead atoms. The number of carbonyl (C=O) groups is 1. The fraction of sp³-hybridized carbons (Fsp3) is 0.353. The number of esters is 1. The quantitative estimate of drug-likeness (QED) is 0.418. The number of aliphatic hydroxyl groups excluding tert-OH is 1. The molecule has 1 aromatic heterocycles. The van der Waals surface area contributed by atoms with Crippen LogP contribution in [0.15, 0.2) is 30.6 Å². The Morgan fingerprint density at radius 2 is 1.96 bits per heavy atom. The molecule has 1 heterocycles. The maximum atomic E-state index is 12.0. The van der Waals surface area contributed by atoms with Crippen LogP contribution in [0.1, 0.15) is 17.3 Å². The molecule has 2 aromatic rings. The third-order valence-electron chi connectivity index (χ3n) is 4.01. The van der Waals surface area contributed by atoms with Crippen molar-refractivity contribution in [3.8, 4) is 0 Å². The fourth-order valence-electron chi connectivity index (χ4n) is 2.70. The number of methoxy groups -OCH3 is 1. The Morgan fingerprint density at radius 1 is 1.30 bits per heavy atom. The molecular weight excluding hydrogens is 354 g/mol. The summed E-state index contributed by atoms with van der Waals surface area (Å²) in [6.07, 6.45) is 1.22. The van der Waals surface area contributed by atoms with Crippen LogP contribution in [0.2, 0.25) is 0 Å². The molecule has 0 fully saturated rings. The van der Waals surface area contributed by atoms with E-state index >= 15 is 0 Å². The first-order chi connectivity index (χ1) is 13.0. The molecular formula is C17H21N5O5. The third kappa shape index (κ3) is 4.11. The molecule has 0 aliphatic carbocycles. The monoisotopic (exact) mass is 375 g/mol. The van der Waals surface area contributed by atoms with Crippen LogP contribution < -0.4 is 9.80 Å². The van der Waals surface area contributed by atoms with Gasteiger partial charge in [-0.05, 0) is 19.1 Å². The highest BCUT2D eigenvalue weighted by Crippen LogP contribution is 2.37. The van der Waals surface area contributed by atoms with E-state index in [0.717, 1.165) is 0 Å². The van der Waals surface area contributed by atoms with Crippen LogP contribution in [0.4, 0.5) is 23.0 Å². The summed E-state index contributed by atoms with van der Waals surface area (Å²) in [5, 5.41) is 21.0. The molecule has 144 valence electrons. The Balaban J connectivity index is 2.62. The number of aliphatic hydroxyl groups is 1. The molecule has 0 spiro atoms. The number of para-hydroxylation sites is 1. The minimum Gasteiger partial charge on any atom is -0.465 e.